The third-order valence-corrected chi connectivity index (χ3v) is 7.35. The minimum atomic E-state index is -0.836. The van der Waals surface area contributed by atoms with Crippen molar-refractivity contribution in [2.75, 3.05) is 6.54 Å². The number of aliphatic carboxylic acids is 1. The summed E-state index contributed by atoms with van der Waals surface area (Å²) in [6, 6.07) is 14.2. The van der Waals surface area contributed by atoms with Gasteiger partial charge in [-0.2, -0.15) is 0 Å². The fourth-order valence-electron chi connectivity index (χ4n) is 5.34. The highest BCUT2D eigenvalue weighted by Crippen LogP contribution is 2.34. The van der Waals surface area contributed by atoms with Crippen LogP contribution in [0.15, 0.2) is 60.8 Å². The van der Waals surface area contributed by atoms with E-state index >= 15 is 0 Å². The zero-order valence-corrected chi connectivity index (χ0v) is 22.3. The maximum absolute atomic E-state index is 12.0. The Morgan fingerprint density at radius 3 is 2.87 bits per heavy atom. The van der Waals surface area contributed by atoms with Gasteiger partial charge in [-0.1, -0.05) is 35.6 Å². The lowest BCUT2D eigenvalue weighted by molar-refractivity contribution is -0.137. The van der Waals surface area contributed by atoms with Crippen molar-refractivity contribution in [3.63, 3.8) is 0 Å². The van der Waals surface area contributed by atoms with Gasteiger partial charge in [0.05, 0.1) is 17.6 Å². The van der Waals surface area contributed by atoms with E-state index in [4.69, 9.17) is 4.74 Å². The molecule has 0 bridgehead atoms. The van der Waals surface area contributed by atoms with E-state index in [9.17, 15) is 9.90 Å². The summed E-state index contributed by atoms with van der Waals surface area (Å²) in [4.78, 5) is 18.9. The molecule has 0 radical (unpaired) electrons. The Hall–Kier alpha value is -4.04. The summed E-state index contributed by atoms with van der Waals surface area (Å²) in [5.74, 6) is -0.318. The lowest BCUT2D eigenvalue weighted by Crippen LogP contribution is -2.31. The Morgan fingerprint density at radius 2 is 2.08 bits per heavy atom. The third kappa shape index (κ3) is 5.17. The van der Waals surface area contributed by atoms with Crippen LogP contribution in [0.5, 0.6) is 5.75 Å². The van der Waals surface area contributed by atoms with Crippen molar-refractivity contribution < 1.29 is 14.6 Å². The predicted octanol–water partition coefficient (Wildman–Crippen LogP) is 4.93. The number of carbonyl (C=O) groups is 1. The average molecular weight is 512 g/mol. The van der Waals surface area contributed by atoms with Crippen molar-refractivity contribution in [1.29, 1.82) is 0 Å². The van der Waals surface area contributed by atoms with Gasteiger partial charge >= 0.3 is 5.97 Å². The number of carboxylic acids is 1. The van der Waals surface area contributed by atoms with Crippen LogP contribution in [0.25, 0.3) is 11.0 Å². The van der Waals surface area contributed by atoms with Crippen LogP contribution in [0.1, 0.15) is 52.8 Å². The van der Waals surface area contributed by atoms with Crippen molar-refractivity contribution in [1.82, 2.24) is 24.9 Å². The quantitative estimate of drug-likeness (QED) is 0.352. The number of hydrogen-bond donors (Lipinski definition) is 1. The second-order valence-electron chi connectivity index (χ2n) is 10.00. The van der Waals surface area contributed by atoms with Crippen molar-refractivity contribution in [3.8, 4) is 5.75 Å². The molecule has 0 amide bonds. The lowest BCUT2D eigenvalue weighted by atomic mass is 9.84. The summed E-state index contributed by atoms with van der Waals surface area (Å²) in [5.41, 5.74) is 7.89. The molecule has 5 rings (SSSR count). The fraction of sp³-hybridized carbons (Fsp3) is 0.333. The Bertz CT molecular complexity index is 1510. The van der Waals surface area contributed by atoms with Crippen molar-refractivity contribution in [3.05, 3.63) is 94.3 Å². The molecule has 2 aromatic heterocycles. The van der Waals surface area contributed by atoms with Gasteiger partial charge in [0.25, 0.3) is 0 Å². The number of benzene rings is 2. The standard InChI is InChI=1S/C30H33N5O3/c1-5-7-23-17-35(18-26-28(38-23)8-6-13-31-26)16-22-14-21(10-9-19(22)2)25(15-29(36)37)24-11-12-27-30(20(24)3)32-33-34(27)4/h5-14,23,25H,15-18H2,1-4H3,(H,36,37)/b7-5-/t23-,25+/m1/s1. The second kappa shape index (κ2) is 10.8. The normalized spacial score (nSPS) is 16.8. The van der Waals surface area contributed by atoms with Crippen LogP contribution in [-0.2, 0) is 24.9 Å². The van der Waals surface area contributed by atoms with Crippen molar-refractivity contribution in [2.24, 2.45) is 7.05 Å². The molecule has 0 saturated carbocycles. The van der Waals surface area contributed by atoms with Crippen LogP contribution in [0, 0.1) is 13.8 Å². The first-order valence-corrected chi connectivity index (χ1v) is 12.9. The van der Waals surface area contributed by atoms with E-state index < -0.39 is 5.97 Å². The smallest absolute Gasteiger partial charge is 0.304 e. The molecule has 196 valence electrons. The summed E-state index contributed by atoms with van der Waals surface area (Å²) in [7, 11) is 1.86. The molecule has 0 unspecified atom stereocenters. The van der Waals surface area contributed by atoms with Crippen LogP contribution < -0.4 is 4.74 Å². The molecule has 3 heterocycles. The number of carboxylic acid groups (broad SMARTS) is 1. The Labute approximate surface area is 222 Å². The van der Waals surface area contributed by atoms with Gasteiger partial charge in [0.2, 0.25) is 0 Å². The summed E-state index contributed by atoms with van der Waals surface area (Å²) in [6.07, 6.45) is 5.81. The van der Waals surface area contributed by atoms with Gasteiger partial charge in [-0.3, -0.25) is 14.7 Å². The van der Waals surface area contributed by atoms with Gasteiger partial charge in [-0.15, -0.1) is 5.10 Å². The zero-order chi connectivity index (χ0) is 26.8. The monoisotopic (exact) mass is 511 g/mol. The number of aromatic nitrogens is 4. The van der Waals surface area contributed by atoms with Gasteiger partial charge in [0.1, 0.15) is 17.4 Å². The first kappa shape index (κ1) is 25.6. The van der Waals surface area contributed by atoms with Gasteiger partial charge in [0, 0.05) is 38.8 Å². The first-order valence-electron chi connectivity index (χ1n) is 12.9. The van der Waals surface area contributed by atoms with Crippen LogP contribution in [0.2, 0.25) is 0 Å². The van der Waals surface area contributed by atoms with Crippen molar-refractivity contribution in [2.45, 2.75) is 52.3 Å². The minimum Gasteiger partial charge on any atom is -0.483 e. The molecule has 1 aliphatic heterocycles. The number of hydrogen-bond acceptors (Lipinski definition) is 6. The lowest BCUT2D eigenvalue weighted by Gasteiger charge is -2.25. The van der Waals surface area contributed by atoms with Gasteiger partial charge in [-0.25, -0.2) is 4.68 Å². The first-order chi connectivity index (χ1) is 18.3. The van der Waals surface area contributed by atoms with Crippen LogP contribution in [0.3, 0.4) is 0 Å². The molecule has 4 aromatic rings. The SMILES string of the molecule is C/C=C\[C@@H]1CN(Cc2cc([C@H](CC(=O)O)c3ccc4c(nnn4C)c3C)ccc2C)Cc2ncccc2O1. The van der Waals surface area contributed by atoms with Crippen LogP contribution >= 0.6 is 0 Å². The van der Waals surface area contributed by atoms with Gasteiger partial charge < -0.3 is 9.84 Å². The number of allylic oxidation sites excluding steroid dienone is 1. The van der Waals surface area contributed by atoms with E-state index in [1.165, 1.54) is 0 Å². The molecular weight excluding hydrogens is 478 g/mol. The Balaban J connectivity index is 1.50. The van der Waals surface area contributed by atoms with Gasteiger partial charge in [0.15, 0.2) is 0 Å². The van der Waals surface area contributed by atoms with E-state index in [0.29, 0.717) is 13.1 Å². The molecule has 2 atom stereocenters. The Morgan fingerprint density at radius 1 is 1.24 bits per heavy atom. The minimum absolute atomic E-state index is 0.00662. The van der Waals surface area contributed by atoms with Gasteiger partial charge in [-0.05, 0) is 72.9 Å². The molecule has 1 aliphatic rings. The highest BCUT2D eigenvalue weighted by atomic mass is 16.5. The number of nitrogens with zero attached hydrogens (tertiary/aromatic N) is 5. The summed E-state index contributed by atoms with van der Waals surface area (Å²) in [5, 5.41) is 18.3. The average Bonchev–Trinajstić information content (AvgIpc) is 3.17. The van der Waals surface area contributed by atoms with Crippen LogP contribution in [0.4, 0.5) is 0 Å². The van der Waals surface area contributed by atoms with E-state index in [1.54, 1.807) is 10.9 Å². The number of pyridine rings is 1. The largest absolute Gasteiger partial charge is 0.483 e. The summed E-state index contributed by atoms with van der Waals surface area (Å²) in [6.45, 7) is 8.21. The van der Waals surface area contributed by atoms with E-state index in [2.05, 4.69) is 51.4 Å². The number of rotatable bonds is 7. The summed E-state index contributed by atoms with van der Waals surface area (Å²) < 4.78 is 7.98. The molecule has 8 nitrogen and oxygen atoms in total. The topological polar surface area (TPSA) is 93.4 Å². The molecule has 38 heavy (non-hydrogen) atoms. The third-order valence-electron chi connectivity index (χ3n) is 7.35. The highest BCUT2D eigenvalue weighted by molar-refractivity contribution is 5.80. The molecule has 0 spiro atoms. The summed E-state index contributed by atoms with van der Waals surface area (Å²) >= 11 is 0. The van der Waals surface area contributed by atoms with Crippen molar-refractivity contribution >= 4 is 17.0 Å². The van der Waals surface area contributed by atoms with Crippen LogP contribution in [-0.4, -0.2) is 48.6 Å². The number of aryl methyl sites for hydroxylation is 3. The van der Waals surface area contributed by atoms with E-state index in [1.807, 2.05) is 51.2 Å². The predicted molar refractivity (Wildman–Crippen MR) is 146 cm³/mol. The highest BCUT2D eigenvalue weighted by Gasteiger charge is 2.25. The molecule has 2 aromatic carbocycles. The molecule has 0 aliphatic carbocycles. The fourth-order valence-corrected chi connectivity index (χ4v) is 5.34. The molecule has 0 saturated heterocycles. The van der Waals surface area contributed by atoms with E-state index in [0.717, 1.165) is 56.8 Å². The molecule has 1 N–H and O–H groups in total. The maximum atomic E-state index is 12.0. The maximum Gasteiger partial charge on any atom is 0.304 e. The van der Waals surface area contributed by atoms with E-state index in [-0.39, 0.29) is 18.4 Å². The molecule has 8 heteroatoms. The molecular formula is C30H33N5O3. The zero-order valence-electron chi connectivity index (χ0n) is 22.3. The second-order valence-corrected chi connectivity index (χ2v) is 10.00. The molecule has 0 fully saturated rings. The number of fused-ring (bicyclic) bond motifs is 2. The Kier molecular flexibility index (Phi) is 7.24. The number of ether oxygens (including phenoxy) is 1.